The number of nitrogens with two attached hydrogens (primary N) is 1. The Kier molecular flexibility index (Phi) is 5.55. The van der Waals surface area contributed by atoms with E-state index in [0.717, 1.165) is 6.07 Å². The van der Waals surface area contributed by atoms with Gasteiger partial charge in [0.15, 0.2) is 9.84 Å². The number of hydrogen-bond donors (Lipinski definition) is 1. The van der Waals surface area contributed by atoms with Gasteiger partial charge in [-0.15, -0.1) is 0 Å². The normalized spacial score (nSPS) is 26.5. The third-order valence-corrected chi connectivity index (χ3v) is 8.68. The van der Waals surface area contributed by atoms with Crippen LogP contribution in [0.2, 0.25) is 0 Å². The summed E-state index contributed by atoms with van der Waals surface area (Å²) in [5.74, 6) is -2.52. The monoisotopic (exact) mass is 431 g/mol. The minimum absolute atomic E-state index is 0.0483. The van der Waals surface area contributed by atoms with Gasteiger partial charge in [0.2, 0.25) is 5.78 Å². The van der Waals surface area contributed by atoms with E-state index < -0.39 is 50.3 Å². The molecule has 0 saturated carbocycles. The maximum absolute atomic E-state index is 14.6. The number of carbonyl (C=O) groups is 1. The molecule has 1 aromatic carbocycles. The second-order valence-corrected chi connectivity index (χ2v) is 10.4. The fourth-order valence-corrected chi connectivity index (χ4v) is 6.53. The van der Waals surface area contributed by atoms with Crippen LogP contribution in [0.15, 0.2) is 23.2 Å². The molecule has 0 unspecified atom stereocenters. The van der Waals surface area contributed by atoms with E-state index in [4.69, 9.17) is 5.73 Å². The zero-order valence-electron chi connectivity index (χ0n) is 16.3. The number of amidine groups is 1. The van der Waals surface area contributed by atoms with Gasteiger partial charge < -0.3 is 10.6 Å². The average Bonchev–Trinajstić information content (AvgIpc) is 2.62. The largest absolute Gasteiger partial charge is 0.386 e. The predicted molar refractivity (Wildman–Crippen MR) is 103 cm³/mol. The second kappa shape index (κ2) is 7.39. The van der Waals surface area contributed by atoms with Crippen molar-refractivity contribution in [2.45, 2.75) is 42.9 Å². The summed E-state index contributed by atoms with van der Waals surface area (Å²) in [5, 5.41) is 0. The highest BCUT2D eigenvalue weighted by molar-refractivity contribution is 7.93. The van der Waals surface area contributed by atoms with Gasteiger partial charge in [-0.3, -0.25) is 9.79 Å². The number of ketones is 1. The van der Waals surface area contributed by atoms with Crippen LogP contribution in [0.3, 0.4) is 0 Å². The van der Waals surface area contributed by atoms with Crippen molar-refractivity contribution in [3.63, 3.8) is 0 Å². The molecule has 160 valence electrons. The van der Waals surface area contributed by atoms with E-state index in [1.54, 1.807) is 0 Å². The van der Waals surface area contributed by atoms with Crippen molar-refractivity contribution in [2.75, 3.05) is 25.9 Å². The molecule has 0 aromatic heterocycles. The number of Topliss-reactive ketones (excluding diaryl/α,β-unsaturated/α-hetero) is 1. The van der Waals surface area contributed by atoms with Gasteiger partial charge in [-0.05, 0) is 57.6 Å². The van der Waals surface area contributed by atoms with Gasteiger partial charge in [0.25, 0.3) is 6.43 Å². The number of alkyl halides is 2. The Bertz CT molecular complexity index is 957. The number of hydrogen-bond acceptors (Lipinski definition) is 6. The summed E-state index contributed by atoms with van der Waals surface area (Å²) >= 11 is 0. The first-order valence-electron chi connectivity index (χ1n) is 9.27. The number of likely N-dealkylation sites (tertiary alicyclic amines) is 1. The highest BCUT2D eigenvalue weighted by atomic mass is 32.2. The number of nitrogens with zero attached hydrogens (tertiary/aromatic N) is 2. The van der Waals surface area contributed by atoms with Crippen LogP contribution in [-0.4, -0.2) is 62.0 Å². The summed E-state index contributed by atoms with van der Waals surface area (Å²) in [4.78, 5) is 17.8. The molecule has 6 nitrogen and oxygen atoms in total. The molecule has 0 bridgehead atoms. The first-order valence-corrected chi connectivity index (χ1v) is 10.9. The van der Waals surface area contributed by atoms with Crippen LogP contribution in [0, 0.1) is 5.82 Å². The van der Waals surface area contributed by atoms with Crippen LogP contribution in [-0.2, 0) is 26.6 Å². The highest BCUT2D eigenvalue weighted by Gasteiger charge is 2.55. The van der Waals surface area contributed by atoms with Crippen molar-refractivity contribution in [3.05, 3.63) is 35.1 Å². The molecule has 2 aliphatic heterocycles. The summed E-state index contributed by atoms with van der Waals surface area (Å²) in [6.45, 7) is 2.55. The molecule has 29 heavy (non-hydrogen) atoms. The Morgan fingerprint density at radius 1 is 1.31 bits per heavy atom. The lowest BCUT2D eigenvalue weighted by Gasteiger charge is -2.45. The van der Waals surface area contributed by atoms with Crippen molar-refractivity contribution in [1.29, 1.82) is 0 Å². The molecule has 1 atom stereocenters. The Morgan fingerprint density at radius 3 is 2.48 bits per heavy atom. The zero-order valence-corrected chi connectivity index (χ0v) is 17.1. The molecule has 2 N–H and O–H groups in total. The maximum atomic E-state index is 14.6. The van der Waals surface area contributed by atoms with Crippen LogP contribution in [0.5, 0.6) is 0 Å². The number of carbonyl (C=O) groups excluding carboxylic acids is 1. The van der Waals surface area contributed by atoms with E-state index in [0.29, 0.717) is 25.9 Å². The van der Waals surface area contributed by atoms with Crippen LogP contribution in [0.25, 0.3) is 0 Å². The molecule has 0 amide bonds. The minimum atomic E-state index is -3.78. The Balaban J connectivity index is 2.03. The van der Waals surface area contributed by atoms with Crippen molar-refractivity contribution in [3.8, 4) is 0 Å². The number of benzene rings is 1. The summed E-state index contributed by atoms with van der Waals surface area (Å²) in [7, 11) is -1.89. The van der Waals surface area contributed by atoms with Crippen LogP contribution < -0.4 is 5.73 Å². The van der Waals surface area contributed by atoms with Gasteiger partial charge in [-0.2, -0.15) is 0 Å². The van der Waals surface area contributed by atoms with E-state index in [1.165, 1.54) is 19.1 Å². The predicted octanol–water partition coefficient (Wildman–Crippen LogP) is 1.67. The van der Waals surface area contributed by atoms with E-state index in [9.17, 15) is 26.4 Å². The molecule has 0 aliphatic carbocycles. The summed E-state index contributed by atoms with van der Waals surface area (Å²) < 4.78 is 65.0. The Labute approximate surface area is 167 Å². The molecule has 1 fully saturated rings. The summed E-state index contributed by atoms with van der Waals surface area (Å²) in [6.07, 6.45) is -3.10. The topological polar surface area (TPSA) is 92.8 Å². The second-order valence-electron chi connectivity index (χ2n) is 8.09. The van der Waals surface area contributed by atoms with Crippen LogP contribution in [0.1, 0.15) is 30.9 Å². The molecule has 1 saturated heterocycles. The molecule has 1 aromatic rings. The fourth-order valence-electron chi connectivity index (χ4n) is 4.13. The molecular formula is C19H24F3N3O3S. The van der Waals surface area contributed by atoms with E-state index >= 15 is 0 Å². The van der Waals surface area contributed by atoms with E-state index in [1.807, 2.05) is 11.9 Å². The van der Waals surface area contributed by atoms with Gasteiger partial charge >= 0.3 is 0 Å². The number of rotatable bonds is 4. The zero-order chi connectivity index (χ0) is 21.6. The molecular weight excluding hydrogens is 407 g/mol. The lowest BCUT2D eigenvalue weighted by molar-refractivity contribution is -0.128. The van der Waals surface area contributed by atoms with Gasteiger partial charge in [0.1, 0.15) is 21.9 Å². The lowest BCUT2D eigenvalue weighted by Crippen LogP contribution is -2.62. The van der Waals surface area contributed by atoms with Crippen molar-refractivity contribution >= 4 is 21.5 Å². The van der Waals surface area contributed by atoms with Gasteiger partial charge in [-0.1, -0.05) is 6.07 Å². The van der Waals surface area contributed by atoms with Crippen LogP contribution in [0.4, 0.5) is 13.2 Å². The molecule has 2 aliphatic rings. The standard InChI is InChI=1S/C19H24F3N3O3S/c1-18(13-9-12(3-4-14(13)20)10-15(26)16(21)22)11-29(27,28)19(17(23)24-18)5-7-25(2)8-6-19/h3-4,9,16H,5-8,10-11H2,1-2H3,(H2,23,24)/t18-/m0/s1. The minimum Gasteiger partial charge on any atom is -0.386 e. The van der Waals surface area contributed by atoms with Crippen LogP contribution >= 0.6 is 0 Å². The van der Waals surface area contributed by atoms with Gasteiger partial charge in [0, 0.05) is 12.0 Å². The Morgan fingerprint density at radius 2 is 1.93 bits per heavy atom. The van der Waals surface area contributed by atoms with Gasteiger partial charge in [0.05, 0.1) is 5.75 Å². The average molecular weight is 431 g/mol. The number of aliphatic imine (C=N–C) groups is 1. The third-order valence-electron chi connectivity index (χ3n) is 5.93. The Hall–Kier alpha value is -1.94. The molecule has 10 heteroatoms. The first-order chi connectivity index (χ1) is 13.4. The summed E-state index contributed by atoms with van der Waals surface area (Å²) in [5.41, 5.74) is 4.74. The molecule has 3 rings (SSSR count). The summed E-state index contributed by atoms with van der Waals surface area (Å²) in [6, 6.07) is 3.49. The molecule has 2 heterocycles. The quantitative estimate of drug-likeness (QED) is 0.783. The van der Waals surface area contributed by atoms with E-state index in [-0.39, 0.29) is 17.0 Å². The van der Waals surface area contributed by atoms with Gasteiger partial charge in [-0.25, -0.2) is 21.6 Å². The van der Waals surface area contributed by atoms with Crippen molar-refractivity contribution in [1.82, 2.24) is 4.90 Å². The number of piperidine rings is 1. The van der Waals surface area contributed by atoms with Crippen molar-refractivity contribution < 1.29 is 26.4 Å². The van der Waals surface area contributed by atoms with Crippen molar-refractivity contribution in [2.24, 2.45) is 10.7 Å². The third kappa shape index (κ3) is 3.79. The highest BCUT2D eigenvalue weighted by Crippen LogP contribution is 2.42. The lowest BCUT2D eigenvalue weighted by atomic mass is 9.89. The SMILES string of the molecule is CN1CCC2(CC1)C(N)=N[C@](C)(c1cc(CC(=O)C(F)F)ccc1F)CS2(=O)=O. The van der Waals surface area contributed by atoms with E-state index in [2.05, 4.69) is 4.99 Å². The smallest absolute Gasteiger partial charge is 0.296 e. The number of sulfone groups is 1. The molecule has 0 radical (unpaired) electrons. The number of halogens is 3. The molecule has 1 spiro atoms. The maximum Gasteiger partial charge on any atom is 0.296 e. The first kappa shape index (κ1) is 21.8. The fraction of sp³-hybridized carbons (Fsp3) is 0.579.